The summed E-state index contributed by atoms with van der Waals surface area (Å²) in [5.74, 6) is 1.89. The first kappa shape index (κ1) is 44.9. The summed E-state index contributed by atoms with van der Waals surface area (Å²) in [5, 5.41) is 4.79. The van der Waals surface area contributed by atoms with Crippen molar-refractivity contribution >= 4 is 53.3 Å². The highest BCUT2D eigenvalue weighted by atomic mass is 32.1. The van der Waals surface area contributed by atoms with Crippen molar-refractivity contribution in [3.8, 4) is 95.5 Å². The topological polar surface area (TPSA) is 43.6 Å². The number of aromatic nitrogens is 4. The minimum Gasteiger partial charge on any atom is -0.309 e. The Hall–Kier alpha value is -9.55. The summed E-state index contributed by atoms with van der Waals surface area (Å²) in [7, 11) is 0. The number of nitrogens with zero attached hydrogens (tertiary/aromatic N) is 4. The van der Waals surface area contributed by atoms with Gasteiger partial charge in [-0.25, -0.2) is 15.0 Å². The van der Waals surface area contributed by atoms with Crippen molar-refractivity contribution in [2.24, 2.45) is 0 Å². The summed E-state index contributed by atoms with van der Waals surface area (Å²) in [6, 6.07) is 92.1. The highest BCUT2D eigenvalue weighted by Gasteiger charge is 2.37. The Bertz CT molecular complexity index is 4590. The van der Waals surface area contributed by atoms with E-state index in [1.54, 1.807) is 0 Å². The fraction of sp³-hybridized carbons (Fsp3) is 0.0417. The summed E-state index contributed by atoms with van der Waals surface area (Å²) in [5.41, 5.74) is 20.9. The molecule has 15 rings (SSSR count). The number of para-hydroxylation sites is 1. The molecule has 0 N–H and O–H groups in total. The smallest absolute Gasteiger partial charge is 0.164 e. The van der Waals surface area contributed by atoms with Crippen LogP contribution in [0.4, 0.5) is 0 Å². The Morgan fingerprint density at radius 2 is 0.831 bits per heavy atom. The second-order valence-corrected chi connectivity index (χ2v) is 21.8. The summed E-state index contributed by atoms with van der Waals surface area (Å²) in [6.45, 7) is 4.71. The zero-order chi connectivity index (χ0) is 51.2. The number of hydrogen-bond donors (Lipinski definition) is 0. The van der Waals surface area contributed by atoms with E-state index in [-0.39, 0.29) is 5.41 Å². The van der Waals surface area contributed by atoms with E-state index in [1.807, 2.05) is 29.5 Å². The van der Waals surface area contributed by atoms with E-state index in [2.05, 4.69) is 255 Å². The SMILES string of the molecule is CC1(C)c2ccccc2-c2c(-n3c4ccccc4c4cc(-c5ccc6sc7cccc(-c8nc(-c9ccccc9)nc(-c9cccc(-c%10cc(-c%11ccccc%11)cc(-c%11ccccc%11)c%10)c9)n8)c7c6c5)ccc43)cccc21. The first-order valence-electron chi connectivity index (χ1n) is 26.3. The fourth-order valence-electron chi connectivity index (χ4n) is 12.1. The van der Waals surface area contributed by atoms with E-state index < -0.39 is 0 Å². The van der Waals surface area contributed by atoms with Gasteiger partial charge in [0.2, 0.25) is 0 Å². The van der Waals surface area contributed by atoms with Gasteiger partial charge in [-0.1, -0.05) is 202 Å². The molecule has 14 aromatic rings. The molecule has 0 fully saturated rings. The Kier molecular flexibility index (Phi) is 10.4. The molecule has 0 amide bonds. The molecule has 0 atom stereocenters. The number of hydrogen-bond acceptors (Lipinski definition) is 4. The standard InChI is InChI=1S/C72H48N4S/c1-72(2)60-30-14-12-28-56(60)68-61(72)31-18-33-64(68)76-62-32-15-13-27-55(62)58-43-49(35-37-63(58)76)50-36-38-65-59(44-50)67-57(29-17-34-66(67)77-65)71-74-69(47-23-10-5-11-24-47)73-70(75-71)51-26-16-25-48(39-51)54-41-52(45-19-6-3-7-20-45)40-53(42-54)46-21-8-4-9-22-46/h3-44H,1-2H3. The van der Waals surface area contributed by atoms with Crippen LogP contribution < -0.4 is 0 Å². The van der Waals surface area contributed by atoms with Crippen LogP contribution in [-0.4, -0.2) is 19.5 Å². The lowest BCUT2D eigenvalue weighted by molar-refractivity contribution is 0.660. The minimum absolute atomic E-state index is 0.0921. The molecule has 5 heteroatoms. The summed E-state index contributed by atoms with van der Waals surface area (Å²) in [6.07, 6.45) is 0. The zero-order valence-corrected chi connectivity index (χ0v) is 43.3. The van der Waals surface area contributed by atoms with Gasteiger partial charge in [-0.3, -0.25) is 0 Å². The van der Waals surface area contributed by atoms with Gasteiger partial charge < -0.3 is 4.57 Å². The zero-order valence-electron chi connectivity index (χ0n) is 42.4. The van der Waals surface area contributed by atoms with Crippen LogP contribution in [0, 0.1) is 0 Å². The molecular weight excluding hydrogens is 953 g/mol. The van der Waals surface area contributed by atoms with Crippen molar-refractivity contribution in [1.29, 1.82) is 0 Å². The maximum Gasteiger partial charge on any atom is 0.164 e. The van der Waals surface area contributed by atoms with Crippen molar-refractivity contribution in [2.75, 3.05) is 0 Å². The molecule has 4 nitrogen and oxygen atoms in total. The Morgan fingerprint density at radius 3 is 1.58 bits per heavy atom. The number of rotatable bonds is 8. The van der Waals surface area contributed by atoms with Gasteiger partial charge >= 0.3 is 0 Å². The molecule has 0 unspecified atom stereocenters. The van der Waals surface area contributed by atoms with Crippen LogP contribution >= 0.6 is 11.3 Å². The Balaban J connectivity index is 0.861. The van der Waals surface area contributed by atoms with Crippen LogP contribution in [0.2, 0.25) is 0 Å². The normalized spacial score (nSPS) is 12.6. The Morgan fingerprint density at radius 1 is 0.325 bits per heavy atom. The maximum absolute atomic E-state index is 5.39. The molecule has 1 aliphatic rings. The monoisotopic (exact) mass is 1000 g/mol. The summed E-state index contributed by atoms with van der Waals surface area (Å²) in [4.78, 5) is 15.9. The highest BCUT2D eigenvalue weighted by molar-refractivity contribution is 7.26. The average Bonchev–Trinajstić information content (AvgIpc) is 4.28. The molecule has 0 bridgehead atoms. The molecule has 3 heterocycles. The minimum atomic E-state index is -0.0921. The number of fused-ring (bicyclic) bond motifs is 9. The van der Waals surface area contributed by atoms with Crippen molar-refractivity contribution in [1.82, 2.24) is 19.5 Å². The predicted octanol–water partition coefficient (Wildman–Crippen LogP) is 19.3. The first-order chi connectivity index (χ1) is 37.9. The van der Waals surface area contributed by atoms with Crippen LogP contribution in [-0.2, 0) is 5.41 Å². The molecule has 3 aromatic heterocycles. The van der Waals surface area contributed by atoms with E-state index in [1.165, 1.54) is 81.2 Å². The van der Waals surface area contributed by atoms with Gasteiger partial charge in [0, 0.05) is 58.6 Å². The van der Waals surface area contributed by atoms with Gasteiger partial charge in [-0.2, -0.15) is 0 Å². The second kappa shape index (κ2) is 17.8. The van der Waals surface area contributed by atoms with E-state index in [0.29, 0.717) is 17.5 Å². The lowest BCUT2D eigenvalue weighted by Gasteiger charge is -2.21. The van der Waals surface area contributed by atoms with Gasteiger partial charge in [-0.05, 0) is 128 Å². The van der Waals surface area contributed by atoms with Gasteiger partial charge in [0.25, 0.3) is 0 Å². The van der Waals surface area contributed by atoms with E-state index in [4.69, 9.17) is 15.0 Å². The summed E-state index contributed by atoms with van der Waals surface area (Å²) >= 11 is 1.81. The fourth-order valence-corrected chi connectivity index (χ4v) is 13.2. The average molecular weight is 1000 g/mol. The van der Waals surface area contributed by atoms with Crippen LogP contribution in [0.3, 0.4) is 0 Å². The van der Waals surface area contributed by atoms with E-state index in [9.17, 15) is 0 Å². The summed E-state index contributed by atoms with van der Waals surface area (Å²) < 4.78 is 4.89. The first-order valence-corrected chi connectivity index (χ1v) is 27.1. The van der Waals surface area contributed by atoms with Crippen LogP contribution in [0.1, 0.15) is 25.0 Å². The molecule has 77 heavy (non-hydrogen) atoms. The van der Waals surface area contributed by atoms with Crippen molar-refractivity contribution in [2.45, 2.75) is 19.3 Å². The second-order valence-electron chi connectivity index (χ2n) is 20.7. The van der Waals surface area contributed by atoms with Gasteiger partial charge in [0.15, 0.2) is 17.5 Å². The lowest BCUT2D eigenvalue weighted by atomic mass is 9.82. The molecule has 362 valence electrons. The van der Waals surface area contributed by atoms with Crippen molar-refractivity contribution in [3.63, 3.8) is 0 Å². The molecule has 0 radical (unpaired) electrons. The van der Waals surface area contributed by atoms with Crippen molar-refractivity contribution in [3.05, 3.63) is 266 Å². The third-order valence-corrected chi connectivity index (χ3v) is 17.0. The molecular formula is C72H48N4S. The van der Waals surface area contributed by atoms with Gasteiger partial charge in [0.1, 0.15) is 0 Å². The number of benzene rings is 11. The molecule has 0 aliphatic heterocycles. The molecule has 0 saturated heterocycles. The Labute approximate surface area is 450 Å². The third kappa shape index (κ3) is 7.45. The van der Waals surface area contributed by atoms with Crippen LogP contribution in [0.5, 0.6) is 0 Å². The van der Waals surface area contributed by atoms with Gasteiger partial charge in [-0.15, -0.1) is 11.3 Å². The lowest BCUT2D eigenvalue weighted by Crippen LogP contribution is -2.14. The van der Waals surface area contributed by atoms with Crippen molar-refractivity contribution < 1.29 is 0 Å². The third-order valence-electron chi connectivity index (χ3n) is 15.8. The molecule has 0 spiro atoms. The molecule has 11 aromatic carbocycles. The van der Waals surface area contributed by atoms with E-state index >= 15 is 0 Å². The highest BCUT2D eigenvalue weighted by Crippen LogP contribution is 2.52. The molecule has 0 saturated carbocycles. The quantitative estimate of drug-likeness (QED) is 0.152. The predicted molar refractivity (Wildman–Crippen MR) is 323 cm³/mol. The van der Waals surface area contributed by atoms with E-state index in [0.717, 1.165) is 49.9 Å². The maximum atomic E-state index is 5.39. The largest absolute Gasteiger partial charge is 0.309 e. The van der Waals surface area contributed by atoms with Crippen LogP contribution in [0.15, 0.2) is 255 Å². The van der Waals surface area contributed by atoms with Crippen LogP contribution in [0.25, 0.3) is 137 Å². The van der Waals surface area contributed by atoms with Gasteiger partial charge in [0.05, 0.1) is 16.7 Å². The number of thiophene rings is 1. The molecule has 1 aliphatic carbocycles.